The van der Waals surface area contributed by atoms with E-state index in [1.807, 2.05) is 0 Å². The van der Waals surface area contributed by atoms with Crippen molar-refractivity contribution in [3.8, 4) is 0 Å². The van der Waals surface area contributed by atoms with Crippen LogP contribution in [-0.2, 0) is 16.4 Å². The predicted octanol–water partition coefficient (Wildman–Crippen LogP) is 2.23. The van der Waals surface area contributed by atoms with Gasteiger partial charge < -0.3 is 10.0 Å². The lowest BCUT2D eigenvalue weighted by Crippen LogP contribution is -2.46. The van der Waals surface area contributed by atoms with E-state index in [0.717, 1.165) is 23.1 Å². The van der Waals surface area contributed by atoms with Crippen LogP contribution < -0.4 is 0 Å². The lowest BCUT2D eigenvalue weighted by molar-refractivity contribution is -0.138. The minimum atomic E-state index is -4.59. The molecule has 0 aromatic heterocycles. The van der Waals surface area contributed by atoms with Gasteiger partial charge in [-0.1, -0.05) is 0 Å². The molecule has 8 heteroatoms. The number of amides is 1. The van der Waals surface area contributed by atoms with Crippen molar-refractivity contribution in [2.75, 3.05) is 13.1 Å². The van der Waals surface area contributed by atoms with Gasteiger partial charge in [0.2, 0.25) is 0 Å². The number of carboxylic acids is 1. The highest BCUT2D eigenvalue weighted by Crippen LogP contribution is 2.55. The Morgan fingerprint density at radius 3 is 2.55 bits per heavy atom. The van der Waals surface area contributed by atoms with E-state index in [0.29, 0.717) is 0 Å². The first-order valence-electron chi connectivity index (χ1n) is 6.52. The number of halogens is 4. The van der Waals surface area contributed by atoms with E-state index < -0.39 is 41.7 Å². The highest BCUT2D eigenvalue weighted by atomic mass is 19.4. The summed E-state index contributed by atoms with van der Waals surface area (Å²) in [7, 11) is 0. The number of carbonyl (C=O) groups is 2. The second-order valence-electron chi connectivity index (χ2n) is 5.64. The first-order chi connectivity index (χ1) is 10.1. The number of fused-ring (bicyclic) bond motifs is 2. The topological polar surface area (TPSA) is 57.6 Å². The monoisotopic (exact) mass is 317 g/mol. The van der Waals surface area contributed by atoms with Gasteiger partial charge in [0.15, 0.2) is 0 Å². The van der Waals surface area contributed by atoms with E-state index in [1.54, 1.807) is 0 Å². The molecular formula is C14H11F4NO3. The van der Waals surface area contributed by atoms with E-state index in [2.05, 4.69) is 0 Å². The van der Waals surface area contributed by atoms with Crippen LogP contribution in [0.4, 0.5) is 17.6 Å². The van der Waals surface area contributed by atoms with Crippen LogP contribution in [0.15, 0.2) is 18.2 Å². The Hall–Kier alpha value is -2.12. The van der Waals surface area contributed by atoms with Crippen molar-refractivity contribution in [2.24, 2.45) is 0 Å². The molecule has 1 fully saturated rings. The van der Waals surface area contributed by atoms with Crippen molar-refractivity contribution in [2.45, 2.75) is 24.2 Å². The van der Waals surface area contributed by atoms with Crippen molar-refractivity contribution >= 4 is 11.9 Å². The van der Waals surface area contributed by atoms with Gasteiger partial charge in [-0.2, -0.15) is 13.2 Å². The third-order valence-electron chi connectivity index (χ3n) is 4.18. The van der Waals surface area contributed by atoms with E-state index >= 15 is 0 Å². The molecule has 4 nitrogen and oxygen atoms in total. The van der Waals surface area contributed by atoms with Crippen LogP contribution in [0.2, 0.25) is 0 Å². The molecule has 0 saturated heterocycles. The fourth-order valence-corrected chi connectivity index (χ4v) is 2.98. The average Bonchev–Trinajstić information content (AvgIpc) is 3.04. The molecule has 2 atom stereocenters. The third kappa shape index (κ3) is 2.13. The zero-order valence-corrected chi connectivity index (χ0v) is 11.2. The summed E-state index contributed by atoms with van der Waals surface area (Å²) >= 11 is 0. The summed E-state index contributed by atoms with van der Waals surface area (Å²) in [4.78, 5) is 24.0. The second-order valence-corrected chi connectivity index (χ2v) is 5.64. The summed E-state index contributed by atoms with van der Waals surface area (Å²) < 4.78 is 52.2. The van der Waals surface area contributed by atoms with Gasteiger partial charge in [-0.25, -0.2) is 4.39 Å². The van der Waals surface area contributed by atoms with Gasteiger partial charge >= 0.3 is 12.1 Å². The van der Waals surface area contributed by atoms with Crippen LogP contribution in [0.1, 0.15) is 27.9 Å². The maximum Gasteiger partial charge on any atom is 0.416 e. The van der Waals surface area contributed by atoms with E-state index in [1.165, 1.54) is 0 Å². The molecule has 1 N–H and O–H groups in total. The minimum Gasteiger partial charge on any atom is -0.480 e. The molecule has 0 bridgehead atoms. The molecule has 1 heterocycles. The molecule has 118 valence electrons. The molecule has 0 radical (unpaired) electrons. The third-order valence-corrected chi connectivity index (χ3v) is 4.18. The predicted molar refractivity (Wildman–Crippen MR) is 66.2 cm³/mol. The van der Waals surface area contributed by atoms with E-state index in [4.69, 9.17) is 5.11 Å². The number of aliphatic carboxylic acids is 1. The fourth-order valence-electron chi connectivity index (χ4n) is 2.98. The Kier molecular flexibility index (Phi) is 2.99. The average molecular weight is 317 g/mol. The zero-order valence-electron chi connectivity index (χ0n) is 11.2. The second kappa shape index (κ2) is 4.44. The van der Waals surface area contributed by atoms with Crippen molar-refractivity contribution in [1.29, 1.82) is 0 Å². The zero-order chi connectivity index (χ0) is 16.3. The van der Waals surface area contributed by atoms with Gasteiger partial charge in [0.25, 0.3) is 5.91 Å². The first kappa shape index (κ1) is 14.8. The van der Waals surface area contributed by atoms with Crippen molar-refractivity contribution in [3.05, 3.63) is 34.9 Å². The normalized spacial score (nSPS) is 27.0. The molecule has 3 rings (SSSR count). The smallest absolute Gasteiger partial charge is 0.416 e. The van der Waals surface area contributed by atoms with E-state index in [9.17, 15) is 27.2 Å². The molecular weight excluding hydrogens is 306 g/mol. The summed E-state index contributed by atoms with van der Waals surface area (Å²) in [5, 5.41) is 8.80. The Morgan fingerprint density at radius 2 is 2.05 bits per heavy atom. The Bertz CT molecular complexity index is 673. The van der Waals surface area contributed by atoms with Gasteiger partial charge in [-0.05, 0) is 30.2 Å². The van der Waals surface area contributed by atoms with Gasteiger partial charge in [-0.15, -0.1) is 0 Å². The summed E-state index contributed by atoms with van der Waals surface area (Å²) in [5.74, 6) is -1.94. The SMILES string of the molecule is O=C(O)CN1C[C@@]2(C[C@@H]2F)c2cc(C(F)(F)F)ccc2C1=O. The maximum absolute atomic E-state index is 13.8. The molecule has 1 amide bonds. The number of hydrogen-bond acceptors (Lipinski definition) is 2. The van der Waals surface area contributed by atoms with Crippen LogP contribution in [0.5, 0.6) is 0 Å². The lowest BCUT2D eigenvalue weighted by Gasteiger charge is -2.34. The van der Waals surface area contributed by atoms with Gasteiger partial charge in [0.05, 0.1) is 5.56 Å². The van der Waals surface area contributed by atoms with E-state index in [-0.39, 0.29) is 24.1 Å². The molecule has 1 aromatic carbocycles. The quantitative estimate of drug-likeness (QED) is 0.851. The Morgan fingerprint density at radius 1 is 1.41 bits per heavy atom. The number of hydrogen-bond donors (Lipinski definition) is 1. The van der Waals surface area contributed by atoms with Crippen LogP contribution in [0.25, 0.3) is 0 Å². The number of carbonyl (C=O) groups excluding carboxylic acids is 1. The fraction of sp³-hybridized carbons (Fsp3) is 0.429. The first-order valence-corrected chi connectivity index (χ1v) is 6.52. The number of alkyl halides is 4. The summed E-state index contributed by atoms with van der Waals surface area (Å²) in [6.07, 6.45) is -5.97. The van der Waals surface area contributed by atoms with Crippen LogP contribution in [0.3, 0.4) is 0 Å². The molecule has 1 aliphatic heterocycles. The summed E-state index contributed by atoms with van der Waals surface area (Å²) in [6.45, 7) is -0.818. The van der Waals surface area contributed by atoms with Crippen molar-refractivity contribution in [1.82, 2.24) is 4.90 Å². The summed E-state index contributed by atoms with van der Waals surface area (Å²) in [6, 6.07) is 2.57. The molecule has 22 heavy (non-hydrogen) atoms. The van der Waals surface area contributed by atoms with Gasteiger partial charge in [0.1, 0.15) is 12.7 Å². The van der Waals surface area contributed by atoms with Crippen LogP contribution in [0, 0.1) is 0 Å². The van der Waals surface area contributed by atoms with Crippen molar-refractivity contribution < 1.29 is 32.3 Å². The Labute approximate surface area is 122 Å². The van der Waals surface area contributed by atoms with Gasteiger partial charge in [0, 0.05) is 17.5 Å². The Balaban J connectivity index is 2.08. The largest absolute Gasteiger partial charge is 0.480 e. The number of rotatable bonds is 2. The molecule has 1 aromatic rings. The standard InChI is InChI=1S/C14H11F4NO3/c15-10-4-13(10)6-19(5-11(20)21)12(22)8-2-1-7(3-9(8)13)14(16,17)18/h1-3,10H,4-6H2,(H,20,21)/t10-,13-/m0/s1. The highest BCUT2D eigenvalue weighted by Gasteiger charge is 2.61. The minimum absolute atomic E-state index is 0.00922. The maximum atomic E-state index is 13.8. The molecule has 1 saturated carbocycles. The molecule has 2 aliphatic rings. The number of benzene rings is 1. The molecule has 1 aliphatic carbocycles. The molecule has 1 spiro atoms. The van der Waals surface area contributed by atoms with Crippen LogP contribution in [-0.4, -0.2) is 41.1 Å². The lowest BCUT2D eigenvalue weighted by atomic mass is 9.85. The summed E-state index contributed by atoms with van der Waals surface area (Å²) in [5.41, 5.74) is -2.17. The van der Waals surface area contributed by atoms with Crippen molar-refractivity contribution in [3.63, 3.8) is 0 Å². The number of nitrogens with zero attached hydrogens (tertiary/aromatic N) is 1. The highest BCUT2D eigenvalue weighted by molar-refractivity contribution is 5.99. The van der Waals surface area contributed by atoms with Gasteiger partial charge in [-0.3, -0.25) is 9.59 Å². The van der Waals surface area contributed by atoms with Crippen LogP contribution >= 0.6 is 0 Å². The molecule has 0 unspecified atom stereocenters. The number of carboxylic acid groups (broad SMARTS) is 1.